The molecular formula is C14H13F5O4. The van der Waals surface area contributed by atoms with E-state index in [0.717, 1.165) is 0 Å². The van der Waals surface area contributed by atoms with Crippen LogP contribution in [0.2, 0.25) is 0 Å². The minimum atomic E-state index is -4.50. The molecule has 1 rings (SSSR count). The molecule has 1 aromatic rings. The quantitative estimate of drug-likeness (QED) is 0.346. The van der Waals surface area contributed by atoms with Gasteiger partial charge in [-0.15, -0.1) is 0 Å². The summed E-state index contributed by atoms with van der Waals surface area (Å²) in [6, 6.07) is 0.508. The van der Waals surface area contributed by atoms with Crippen molar-refractivity contribution in [1.29, 1.82) is 0 Å². The number of rotatable bonds is 6. The van der Waals surface area contributed by atoms with Gasteiger partial charge in [0.2, 0.25) is 5.92 Å². The van der Waals surface area contributed by atoms with Gasteiger partial charge in [0.25, 0.3) is 5.92 Å². The molecule has 0 amide bonds. The van der Waals surface area contributed by atoms with Crippen LogP contribution in [0.25, 0.3) is 0 Å². The van der Waals surface area contributed by atoms with Gasteiger partial charge in [-0.25, -0.2) is 13.2 Å². The number of halogens is 5. The van der Waals surface area contributed by atoms with Crippen molar-refractivity contribution in [2.75, 3.05) is 13.2 Å². The fourth-order valence-corrected chi connectivity index (χ4v) is 1.78. The van der Waals surface area contributed by atoms with Gasteiger partial charge in [-0.1, -0.05) is 0 Å². The van der Waals surface area contributed by atoms with Crippen molar-refractivity contribution in [2.45, 2.75) is 19.8 Å². The third-order valence-corrected chi connectivity index (χ3v) is 2.80. The second-order valence-corrected chi connectivity index (χ2v) is 4.28. The van der Waals surface area contributed by atoms with Crippen molar-refractivity contribution in [1.82, 2.24) is 0 Å². The van der Waals surface area contributed by atoms with Crippen molar-refractivity contribution >= 4 is 11.9 Å². The average Bonchev–Trinajstić information content (AvgIpc) is 2.45. The van der Waals surface area contributed by atoms with Crippen molar-refractivity contribution < 1.29 is 41.0 Å². The maximum Gasteiger partial charge on any atom is 0.327 e. The predicted molar refractivity (Wildman–Crippen MR) is 67.0 cm³/mol. The largest absolute Gasteiger partial charge is 0.465 e. The zero-order valence-corrected chi connectivity index (χ0v) is 12.2. The van der Waals surface area contributed by atoms with Crippen LogP contribution in [-0.4, -0.2) is 25.2 Å². The third kappa shape index (κ3) is 3.77. The number of carbonyl (C=O) groups is 2. The molecule has 0 atom stereocenters. The molecule has 0 N–H and O–H groups in total. The third-order valence-electron chi connectivity index (χ3n) is 2.80. The minimum absolute atomic E-state index is 0.249. The fourth-order valence-electron chi connectivity index (χ4n) is 1.78. The van der Waals surface area contributed by atoms with E-state index in [-0.39, 0.29) is 25.3 Å². The van der Waals surface area contributed by atoms with Crippen LogP contribution in [0, 0.1) is 23.4 Å². The monoisotopic (exact) mass is 340 g/mol. The lowest BCUT2D eigenvalue weighted by atomic mass is 9.93. The second kappa shape index (κ2) is 7.38. The van der Waals surface area contributed by atoms with Gasteiger partial charge in [-0.2, -0.15) is 8.78 Å². The van der Waals surface area contributed by atoms with E-state index in [9.17, 15) is 31.5 Å². The molecule has 9 heteroatoms. The van der Waals surface area contributed by atoms with Gasteiger partial charge in [0.1, 0.15) is 0 Å². The molecule has 0 fully saturated rings. The second-order valence-electron chi connectivity index (χ2n) is 4.28. The van der Waals surface area contributed by atoms with E-state index in [1.165, 1.54) is 13.8 Å². The van der Waals surface area contributed by atoms with E-state index in [4.69, 9.17) is 0 Å². The van der Waals surface area contributed by atoms with Crippen LogP contribution >= 0.6 is 0 Å². The van der Waals surface area contributed by atoms with E-state index < -0.39 is 46.8 Å². The Kier molecular flexibility index (Phi) is 6.05. The SMILES string of the molecule is CCOC(=O)C(C(=O)OCC)C(F)(F)c1ccc(F)c(F)c1F. The van der Waals surface area contributed by atoms with Crippen LogP contribution in [0.15, 0.2) is 12.1 Å². The first-order chi connectivity index (χ1) is 10.7. The fraction of sp³-hybridized carbons (Fsp3) is 0.429. The number of hydrogen-bond donors (Lipinski definition) is 0. The first-order valence-corrected chi connectivity index (χ1v) is 6.53. The molecule has 0 aromatic heterocycles. The molecule has 0 saturated heterocycles. The highest BCUT2D eigenvalue weighted by Crippen LogP contribution is 2.39. The molecule has 0 unspecified atom stereocenters. The number of carbonyl (C=O) groups excluding carboxylic acids is 2. The molecule has 0 heterocycles. The molecule has 0 radical (unpaired) electrons. The van der Waals surface area contributed by atoms with Crippen molar-refractivity contribution in [3.05, 3.63) is 35.1 Å². The first kappa shape index (κ1) is 18.9. The highest BCUT2D eigenvalue weighted by atomic mass is 19.3. The van der Waals surface area contributed by atoms with Crippen LogP contribution in [0.1, 0.15) is 19.4 Å². The van der Waals surface area contributed by atoms with Gasteiger partial charge in [0.05, 0.1) is 18.8 Å². The van der Waals surface area contributed by atoms with Crippen LogP contribution in [0.5, 0.6) is 0 Å². The van der Waals surface area contributed by atoms with Gasteiger partial charge in [-0.05, 0) is 26.0 Å². The minimum Gasteiger partial charge on any atom is -0.465 e. The number of alkyl halides is 2. The smallest absolute Gasteiger partial charge is 0.327 e. The van der Waals surface area contributed by atoms with Crippen molar-refractivity contribution in [3.63, 3.8) is 0 Å². The number of ether oxygens (including phenoxy) is 2. The Hall–Kier alpha value is -2.19. The summed E-state index contributed by atoms with van der Waals surface area (Å²) in [7, 11) is 0. The summed E-state index contributed by atoms with van der Waals surface area (Å²) in [6.45, 7) is 1.95. The highest BCUT2D eigenvalue weighted by Gasteiger charge is 2.54. The Morgan fingerprint density at radius 1 is 1.00 bits per heavy atom. The molecule has 1 aromatic carbocycles. The van der Waals surface area contributed by atoms with Crippen LogP contribution in [0.3, 0.4) is 0 Å². The summed E-state index contributed by atoms with van der Waals surface area (Å²) in [5.41, 5.74) is -1.65. The molecule has 4 nitrogen and oxygen atoms in total. The van der Waals surface area contributed by atoms with Crippen molar-refractivity contribution in [2.24, 2.45) is 5.92 Å². The average molecular weight is 340 g/mol. The molecule has 0 aliphatic heterocycles. The normalized spacial score (nSPS) is 11.5. The zero-order valence-electron chi connectivity index (χ0n) is 12.2. The lowest BCUT2D eigenvalue weighted by molar-refractivity contribution is -0.181. The molecule has 0 saturated carbocycles. The summed E-state index contributed by atoms with van der Waals surface area (Å²) >= 11 is 0. The van der Waals surface area contributed by atoms with E-state index in [2.05, 4.69) is 9.47 Å². The van der Waals surface area contributed by atoms with Gasteiger partial charge >= 0.3 is 11.9 Å². The summed E-state index contributed by atoms with van der Waals surface area (Å²) in [6.07, 6.45) is 0. The lowest BCUT2D eigenvalue weighted by Crippen LogP contribution is -2.41. The Bertz CT molecular complexity index is 585. The van der Waals surface area contributed by atoms with Gasteiger partial charge < -0.3 is 9.47 Å². The molecule has 23 heavy (non-hydrogen) atoms. The van der Waals surface area contributed by atoms with E-state index >= 15 is 0 Å². The van der Waals surface area contributed by atoms with Gasteiger partial charge in [0.15, 0.2) is 17.5 Å². The van der Waals surface area contributed by atoms with E-state index in [1.54, 1.807) is 0 Å². The zero-order chi connectivity index (χ0) is 17.8. The Morgan fingerprint density at radius 3 is 1.91 bits per heavy atom. The van der Waals surface area contributed by atoms with Crippen molar-refractivity contribution in [3.8, 4) is 0 Å². The van der Waals surface area contributed by atoms with Crippen LogP contribution in [-0.2, 0) is 25.0 Å². The molecule has 0 bridgehead atoms. The lowest BCUT2D eigenvalue weighted by Gasteiger charge is -2.24. The van der Waals surface area contributed by atoms with E-state index in [0.29, 0.717) is 0 Å². The molecule has 0 spiro atoms. The van der Waals surface area contributed by atoms with Crippen LogP contribution < -0.4 is 0 Å². The molecular weight excluding hydrogens is 327 g/mol. The summed E-state index contributed by atoms with van der Waals surface area (Å²) in [4.78, 5) is 23.3. The van der Waals surface area contributed by atoms with Gasteiger partial charge in [-0.3, -0.25) is 9.59 Å². The topological polar surface area (TPSA) is 52.6 Å². The standard InChI is InChI=1S/C14H13F5O4/c1-3-22-12(20)9(13(21)23-4-2)14(18,19)7-5-6-8(15)11(17)10(7)16/h5-6,9H,3-4H2,1-2H3. The predicted octanol–water partition coefficient (Wildman–Crippen LogP) is 2.94. The molecule has 0 aliphatic carbocycles. The maximum atomic E-state index is 14.4. The summed E-state index contributed by atoms with van der Waals surface area (Å²) < 4.78 is 77.2. The molecule has 128 valence electrons. The molecule has 0 aliphatic rings. The van der Waals surface area contributed by atoms with Crippen LogP contribution in [0.4, 0.5) is 22.0 Å². The Labute approximate surface area is 128 Å². The van der Waals surface area contributed by atoms with Gasteiger partial charge in [0, 0.05) is 0 Å². The van der Waals surface area contributed by atoms with E-state index in [1.807, 2.05) is 0 Å². The summed E-state index contributed by atoms with van der Waals surface area (Å²) in [5.74, 6) is -16.7. The Balaban J connectivity index is 3.40. The number of benzene rings is 1. The first-order valence-electron chi connectivity index (χ1n) is 6.53. The number of esters is 2. The Morgan fingerprint density at radius 2 is 1.48 bits per heavy atom. The highest BCUT2D eigenvalue weighted by molar-refractivity contribution is 5.96. The number of hydrogen-bond acceptors (Lipinski definition) is 4. The summed E-state index contributed by atoms with van der Waals surface area (Å²) in [5, 5.41) is 0. The maximum absolute atomic E-state index is 14.4.